The lowest BCUT2D eigenvalue weighted by Crippen LogP contribution is -2.35. The zero-order valence-electron chi connectivity index (χ0n) is 12.7. The number of anilines is 1. The Morgan fingerprint density at radius 2 is 1.96 bits per heavy atom. The van der Waals surface area contributed by atoms with Crippen LogP contribution < -0.4 is 9.64 Å². The summed E-state index contributed by atoms with van der Waals surface area (Å²) in [5.41, 5.74) is -0.914. The quantitative estimate of drug-likeness (QED) is 0.748. The van der Waals surface area contributed by atoms with Gasteiger partial charge in [-0.05, 0) is 47.1 Å². The first-order valence-corrected chi connectivity index (χ1v) is 7.83. The topological polar surface area (TPSA) is 42.4 Å². The predicted molar refractivity (Wildman–Crippen MR) is 86.9 cm³/mol. The molecule has 0 saturated carbocycles. The number of likely N-dealkylation sites (N-methyl/N-ethyl adjacent to an activating group) is 1. The molecular formula is C16H14BrF3N2O2. The SMILES string of the molecule is CCN(C(=O)COc1ccccc1C(F)(F)F)c1ccc(Br)cn1. The van der Waals surface area contributed by atoms with Gasteiger partial charge in [0.25, 0.3) is 5.91 Å². The Labute approximate surface area is 145 Å². The van der Waals surface area contributed by atoms with Crippen molar-refractivity contribution in [3.8, 4) is 5.75 Å². The molecule has 8 heteroatoms. The van der Waals surface area contributed by atoms with Gasteiger partial charge in [0.1, 0.15) is 11.6 Å². The number of alkyl halides is 3. The van der Waals surface area contributed by atoms with Gasteiger partial charge in [0.05, 0.1) is 5.56 Å². The lowest BCUT2D eigenvalue weighted by Gasteiger charge is -2.20. The molecule has 0 N–H and O–H groups in total. The molecular weight excluding hydrogens is 389 g/mol. The van der Waals surface area contributed by atoms with E-state index in [0.717, 1.165) is 10.5 Å². The summed E-state index contributed by atoms with van der Waals surface area (Å²) >= 11 is 3.24. The van der Waals surface area contributed by atoms with Crippen molar-refractivity contribution in [1.82, 2.24) is 4.98 Å². The summed E-state index contributed by atoms with van der Waals surface area (Å²) in [6, 6.07) is 8.13. The lowest BCUT2D eigenvalue weighted by molar-refractivity contribution is -0.139. The lowest BCUT2D eigenvalue weighted by atomic mass is 10.2. The predicted octanol–water partition coefficient (Wildman–Crippen LogP) is 4.29. The van der Waals surface area contributed by atoms with Crippen LogP contribution >= 0.6 is 15.9 Å². The van der Waals surface area contributed by atoms with Gasteiger partial charge < -0.3 is 4.74 Å². The smallest absolute Gasteiger partial charge is 0.419 e. The number of pyridine rings is 1. The number of ether oxygens (including phenoxy) is 1. The van der Waals surface area contributed by atoms with E-state index >= 15 is 0 Å². The molecule has 0 atom stereocenters. The minimum absolute atomic E-state index is 0.317. The number of amides is 1. The number of halogens is 4. The number of hydrogen-bond donors (Lipinski definition) is 0. The van der Waals surface area contributed by atoms with Crippen LogP contribution in [0.15, 0.2) is 47.1 Å². The second kappa shape index (κ2) is 7.65. The van der Waals surface area contributed by atoms with Gasteiger partial charge in [0.15, 0.2) is 6.61 Å². The summed E-state index contributed by atoms with van der Waals surface area (Å²) < 4.78 is 44.6. The molecule has 0 spiro atoms. The zero-order valence-corrected chi connectivity index (χ0v) is 14.3. The Kier molecular flexibility index (Phi) is 5.82. The van der Waals surface area contributed by atoms with E-state index in [1.54, 1.807) is 19.1 Å². The zero-order chi connectivity index (χ0) is 17.7. The molecule has 0 aliphatic rings. The Morgan fingerprint density at radius 1 is 1.25 bits per heavy atom. The third-order valence-electron chi connectivity index (χ3n) is 3.15. The molecule has 0 aliphatic heterocycles. The van der Waals surface area contributed by atoms with Gasteiger partial charge >= 0.3 is 6.18 Å². The molecule has 1 aromatic carbocycles. The van der Waals surface area contributed by atoms with Crippen LogP contribution in [0.1, 0.15) is 12.5 Å². The number of nitrogens with zero attached hydrogens (tertiary/aromatic N) is 2. The minimum Gasteiger partial charge on any atom is -0.483 e. The maximum atomic E-state index is 12.9. The van der Waals surface area contributed by atoms with Crippen LogP contribution in [-0.2, 0) is 11.0 Å². The fourth-order valence-corrected chi connectivity index (χ4v) is 2.27. The maximum absolute atomic E-state index is 12.9. The van der Waals surface area contributed by atoms with Gasteiger partial charge in [-0.1, -0.05) is 12.1 Å². The average Bonchev–Trinajstić information content (AvgIpc) is 2.55. The average molecular weight is 403 g/mol. The largest absolute Gasteiger partial charge is 0.483 e. The molecule has 1 heterocycles. The van der Waals surface area contributed by atoms with Gasteiger partial charge in [-0.2, -0.15) is 13.2 Å². The van der Waals surface area contributed by atoms with E-state index in [4.69, 9.17) is 4.74 Å². The normalized spacial score (nSPS) is 11.2. The molecule has 1 amide bonds. The molecule has 2 aromatic rings. The molecule has 0 bridgehead atoms. The Hall–Kier alpha value is -2.09. The Balaban J connectivity index is 2.11. The van der Waals surface area contributed by atoms with Crippen LogP contribution in [0.3, 0.4) is 0 Å². The van der Waals surface area contributed by atoms with E-state index < -0.39 is 24.3 Å². The Bertz CT molecular complexity index is 705. The summed E-state index contributed by atoms with van der Waals surface area (Å²) in [4.78, 5) is 17.7. The van der Waals surface area contributed by atoms with Crippen molar-refractivity contribution in [3.63, 3.8) is 0 Å². The van der Waals surface area contributed by atoms with Crippen LogP contribution in [-0.4, -0.2) is 24.0 Å². The van der Waals surface area contributed by atoms with Crippen LogP contribution in [0.25, 0.3) is 0 Å². The highest BCUT2D eigenvalue weighted by atomic mass is 79.9. The van der Waals surface area contributed by atoms with E-state index in [-0.39, 0.29) is 5.75 Å². The number of carbonyl (C=O) groups is 1. The molecule has 2 rings (SSSR count). The van der Waals surface area contributed by atoms with E-state index in [1.165, 1.54) is 29.3 Å². The fraction of sp³-hybridized carbons (Fsp3) is 0.250. The number of carbonyl (C=O) groups excluding carboxylic acids is 1. The van der Waals surface area contributed by atoms with E-state index in [2.05, 4.69) is 20.9 Å². The van der Waals surface area contributed by atoms with Gasteiger partial charge in [-0.15, -0.1) is 0 Å². The van der Waals surface area contributed by atoms with E-state index in [0.29, 0.717) is 12.4 Å². The number of rotatable bonds is 5. The second-order valence-corrected chi connectivity index (χ2v) is 5.67. The molecule has 4 nitrogen and oxygen atoms in total. The first-order chi connectivity index (χ1) is 11.3. The number of para-hydroxylation sites is 1. The van der Waals surface area contributed by atoms with E-state index in [1.807, 2.05) is 0 Å². The monoisotopic (exact) mass is 402 g/mol. The molecule has 24 heavy (non-hydrogen) atoms. The summed E-state index contributed by atoms with van der Waals surface area (Å²) in [5.74, 6) is -0.458. The first-order valence-electron chi connectivity index (χ1n) is 7.04. The summed E-state index contributed by atoms with van der Waals surface area (Å²) in [7, 11) is 0. The van der Waals surface area contributed by atoms with Crippen molar-refractivity contribution in [2.24, 2.45) is 0 Å². The maximum Gasteiger partial charge on any atom is 0.419 e. The van der Waals surface area contributed by atoms with Crippen molar-refractivity contribution in [3.05, 3.63) is 52.6 Å². The highest BCUT2D eigenvalue weighted by molar-refractivity contribution is 9.10. The molecule has 0 radical (unpaired) electrons. The fourth-order valence-electron chi connectivity index (χ4n) is 2.04. The van der Waals surface area contributed by atoms with Gasteiger partial charge in [-0.3, -0.25) is 9.69 Å². The van der Waals surface area contributed by atoms with Gasteiger partial charge in [-0.25, -0.2) is 4.98 Å². The van der Waals surface area contributed by atoms with Crippen molar-refractivity contribution in [2.45, 2.75) is 13.1 Å². The molecule has 1 aromatic heterocycles. The minimum atomic E-state index is -4.54. The summed E-state index contributed by atoms with van der Waals surface area (Å²) in [6.07, 6.45) is -3.01. The van der Waals surface area contributed by atoms with E-state index in [9.17, 15) is 18.0 Å². The second-order valence-electron chi connectivity index (χ2n) is 4.76. The van der Waals surface area contributed by atoms with Crippen molar-refractivity contribution in [1.29, 1.82) is 0 Å². The molecule has 0 saturated heterocycles. The highest BCUT2D eigenvalue weighted by Crippen LogP contribution is 2.35. The molecule has 0 unspecified atom stereocenters. The van der Waals surface area contributed by atoms with Crippen LogP contribution in [0.5, 0.6) is 5.75 Å². The van der Waals surface area contributed by atoms with Crippen LogP contribution in [0, 0.1) is 0 Å². The standard InChI is InChI=1S/C16H14BrF3N2O2/c1-2-22(14-8-7-11(17)9-21-14)15(23)10-24-13-6-4-3-5-12(13)16(18,19)20/h3-9H,2,10H2,1H3. The molecule has 128 valence electrons. The third kappa shape index (κ3) is 4.47. The van der Waals surface area contributed by atoms with Crippen molar-refractivity contribution in [2.75, 3.05) is 18.1 Å². The number of benzene rings is 1. The van der Waals surface area contributed by atoms with Crippen molar-refractivity contribution < 1.29 is 22.7 Å². The van der Waals surface area contributed by atoms with Gasteiger partial charge in [0, 0.05) is 17.2 Å². The number of hydrogen-bond acceptors (Lipinski definition) is 3. The first kappa shape index (κ1) is 18.3. The summed E-state index contributed by atoms with van der Waals surface area (Å²) in [5, 5.41) is 0. The highest BCUT2D eigenvalue weighted by Gasteiger charge is 2.34. The number of aromatic nitrogens is 1. The molecule has 0 fully saturated rings. The summed E-state index contributed by atoms with van der Waals surface area (Å²) in [6.45, 7) is 1.54. The van der Waals surface area contributed by atoms with Gasteiger partial charge in [0.2, 0.25) is 0 Å². The third-order valence-corrected chi connectivity index (χ3v) is 3.62. The molecule has 0 aliphatic carbocycles. The van der Waals surface area contributed by atoms with Crippen LogP contribution in [0.2, 0.25) is 0 Å². The Morgan fingerprint density at radius 3 is 2.54 bits per heavy atom. The van der Waals surface area contributed by atoms with Crippen LogP contribution in [0.4, 0.5) is 19.0 Å². The van der Waals surface area contributed by atoms with Crippen molar-refractivity contribution >= 4 is 27.7 Å².